The molecule has 1 aromatic rings. The number of rotatable bonds is 2. The van der Waals surface area contributed by atoms with Crippen molar-refractivity contribution in [3.05, 3.63) is 40.9 Å². The molecule has 13 heavy (non-hydrogen) atoms. The van der Waals surface area contributed by atoms with E-state index in [0.29, 0.717) is 10.7 Å². The smallest absolute Gasteiger partial charge is 0.266 e. The summed E-state index contributed by atoms with van der Waals surface area (Å²) in [5, 5.41) is 3.11. The maximum atomic E-state index is 11.0. The first kappa shape index (κ1) is 10.1. The lowest BCUT2D eigenvalue weighted by atomic mass is 10.3. The van der Waals surface area contributed by atoms with Crippen LogP contribution in [0.15, 0.2) is 35.9 Å². The van der Waals surface area contributed by atoms with Gasteiger partial charge in [0, 0.05) is 10.7 Å². The van der Waals surface area contributed by atoms with Crippen LogP contribution in [-0.2, 0) is 4.79 Å². The largest absolute Gasteiger partial charge is 0.321 e. The van der Waals surface area contributed by atoms with Crippen molar-refractivity contribution in [1.29, 1.82) is 0 Å². The molecule has 0 saturated heterocycles. The average Bonchev–Trinajstić information content (AvgIpc) is 2.08. The number of anilines is 1. The second-order valence-corrected chi connectivity index (χ2v) is 3.26. The van der Waals surface area contributed by atoms with E-state index in [-0.39, 0.29) is 5.03 Å². The minimum atomic E-state index is -0.413. The highest BCUT2D eigenvalue weighted by Gasteiger charge is 2.03. The molecule has 0 aliphatic heterocycles. The molecule has 2 nitrogen and oxygen atoms in total. The predicted molar refractivity (Wildman–Crippen MR) is 55.1 cm³/mol. The van der Waals surface area contributed by atoms with Crippen molar-refractivity contribution >= 4 is 34.8 Å². The fourth-order valence-corrected chi connectivity index (χ4v) is 0.905. The minimum Gasteiger partial charge on any atom is -0.321 e. The minimum absolute atomic E-state index is 0.0463. The standard InChI is InChI=1S/C9H7Cl2NO/c1-6(10)9(13)12-8-4-2-7(11)3-5-8/h2-5H,1H2,(H,12,13). The van der Waals surface area contributed by atoms with Crippen molar-refractivity contribution in [2.45, 2.75) is 0 Å². The van der Waals surface area contributed by atoms with E-state index >= 15 is 0 Å². The summed E-state index contributed by atoms with van der Waals surface area (Å²) in [5.74, 6) is -0.413. The molecule has 4 heteroatoms. The van der Waals surface area contributed by atoms with Crippen molar-refractivity contribution in [2.24, 2.45) is 0 Å². The van der Waals surface area contributed by atoms with Crippen LogP contribution < -0.4 is 5.32 Å². The third-order valence-electron chi connectivity index (χ3n) is 1.35. The molecule has 68 valence electrons. The van der Waals surface area contributed by atoms with Crippen LogP contribution in [0.2, 0.25) is 5.02 Å². The fourth-order valence-electron chi connectivity index (χ4n) is 0.732. The predicted octanol–water partition coefficient (Wildman–Crippen LogP) is 3.03. The van der Waals surface area contributed by atoms with E-state index in [4.69, 9.17) is 23.2 Å². The van der Waals surface area contributed by atoms with Gasteiger partial charge in [0.2, 0.25) is 0 Å². The van der Waals surface area contributed by atoms with E-state index in [0.717, 1.165) is 0 Å². The first-order valence-corrected chi connectivity index (χ1v) is 4.26. The highest BCUT2D eigenvalue weighted by atomic mass is 35.5. The SMILES string of the molecule is C=C(Cl)C(=O)Nc1ccc(Cl)cc1. The van der Waals surface area contributed by atoms with Crippen LogP contribution in [0.4, 0.5) is 5.69 Å². The molecule has 0 aromatic heterocycles. The number of nitrogens with one attached hydrogen (secondary N) is 1. The molecule has 0 bridgehead atoms. The molecule has 1 aromatic carbocycles. The Balaban J connectivity index is 2.70. The van der Waals surface area contributed by atoms with Crippen LogP contribution in [0.25, 0.3) is 0 Å². The molecule has 0 fully saturated rings. The Labute approximate surface area is 86.2 Å². The molecule has 0 spiro atoms. The van der Waals surface area contributed by atoms with Crippen molar-refractivity contribution in [1.82, 2.24) is 0 Å². The van der Waals surface area contributed by atoms with Gasteiger partial charge in [0.1, 0.15) is 0 Å². The maximum absolute atomic E-state index is 11.0. The molecule has 0 radical (unpaired) electrons. The summed E-state index contributed by atoms with van der Waals surface area (Å²) in [5.41, 5.74) is 0.635. The number of amides is 1. The van der Waals surface area contributed by atoms with Gasteiger partial charge >= 0.3 is 0 Å². The van der Waals surface area contributed by atoms with Crippen LogP contribution in [0.5, 0.6) is 0 Å². The molecule has 1 N–H and O–H groups in total. The van der Waals surface area contributed by atoms with Gasteiger partial charge in [-0.15, -0.1) is 0 Å². The van der Waals surface area contributed by atoms with Crippen LogP contribution >= 0.6 is 23.2 Å². The molecule has 0 aliphatic rings. The Kier molecular flexibility index (Phi) is 3.34. The molecule has 0 atom stereocenters. The van der Waals surface area contributed by atoms with Crippen LogP contribution in [-0.4, -0.2) is 5.91 Å². The molecule has 0 aliphatic carbocycles. The highest BCUT2D eigenvalue weighted by molar-refractivity contribution is 6.43. The summed E-state index contributed by atoms with van der Waals surface area (Å²) in [4.78, 5) is 11.0. The second kappa shape index (κ2) is 4.30. The third-order valence-corrected chi connectivity index (χ3v) is 1.77. The lowest BCUT2D eigenvalue weighted by Crippen LogP contribution is -2.10. The van der Waals surface area contributed by atoms with Crippen LogP contribution in [0.3, 0.4) is 0 Å². The van der Waals surface area contributed by atoms with Gasteiger partial charge in [-0.05, 0) is 24.3 Å². The van der Waals surface area contributed by atoms with Gasteiger partial charge in [-0.2, -0.15) is 0 Å². The van der Waals surface area contributed by atoms with Crippen molar-refractivity contribution < 1.29 is 4.79 Å². The van der Waals surface area contributed by atoms with Crippen molar-refractivity contribution in [3.8, 4) is 0 Å². The molecule has 0 unspecified atom stereocenters. The molecule has 1 rings (SSSR count). The van der Waals surface area contributed by atoms with E-state index in [2.05, 4.69) is 11.9 Å². The Morgan fingerprint density at radius 3 is 2.31 bits per heavy atom. The van der Waals surface area contributed by atoms with Crippen LogP contribution in [0.1, 0.15) is 0 Å². The highest BCUT2D eigenvalue weighted by Crippen LogP contribution is 2.14. The quantitative estimate of drug-likeness (QED) is 0.756. The normalized spacial score (nSPS) is 9.38. The number of benzene rings is 1. The summed E-state index contributed by atoms with van der Waals surface area (Å²) in [7, 11) is 0. The van der Waals surface area contributed by atoms with E-state index < -0.39 is 5.91 Å². The second-order valence-electron chi connectivity index (χ2n) is 2.37. The Morgan fingerprint density at radius 2 is 1.85 bits per heavy atom. The summed E-state index contributed by atoms with van der Waals surface area (Å²) < 4.78 is 0. The van der Waals surface area contributed by atoms with Gasteiger partial charge in [0.25, 0.3) is 5.91 Å². The van der Waals surface area contributed by atoms with Crippen LogP contribution in [0, 0.1) is 0 Å². The summed E-state index contributed by atoms with van der Waals surface area (Å²) >= 11 is 11.0. The van der Waals surface area contributed by atoms with E-state index in [9.17, 15) is 4.79 Å². The molecule has 1 amide bonds. The van der Waals surface area contributed by atoms with Crippen molar-refractivity contribution in [2.75, 3.05) is 5.32 Å². The lowest BCUT2D eigenvalue weighted by Gasteiger charge is -2.02. The van der Waals surface area contributed by atoms with Crippen molar-refractivity contribution in [3.63, 3.8) is 0 Å². The average molecular weight is 216 g/mol. The van der Waals surface area contributed by atoms with Gasteiger partial charge < -0.3 is 5.32 Å². The van der Waals surface area contributed by atoms with Gasteiger partial charge in [-0.25, -0.2) is 0 Å². The monoisotopic (exact) mass is 215 g/mol. The topological polar surface area (TPSA) is 29.1 Å². The third kappa shape index (κ3) is 3.09. The zero-order chi connectivity index (χ0) is 9.84. The Bertz CT molecular complexity index is 332. The summed E-state index contributed by atoms with van der Waals surface area (Å²) in [6, 6.07) is 6.71. The van der Waals surface area contributed by atoms with E-state index in [1.165, 1.54) is 0 Å². The van der Waals surface area contributed by atoms with E-state index in [1.54, 1.807) is 24.3 Å². The number of carbonyl (C=O) groups excluding carboxylic acids is 1. The van der Waals surface area contributed by atoms with Gasteiger partial charge in [0.05, 0.1) is 5.03 Å². The molecule has 0 heterocycles. The Hall–Kier alpha value is -0.990. The lowest BCUT2D eigenvalue weighted by molar-refractivity contribution is -0.112. The Morgan fingerprint density at radius 1 is 1.31 bits per heavy atom. The zero-order valence-corrected chi connectivity index (χ0v) is 8.19. The molecular weight excluding hydrogens is 209 g/mol. The summed E-state index contributed by atoms with van der Waals surface area (Å²) in [6.45, 7) is 3.30. The molecular formula is C9H7Cl2NO. The number of hydrogen-bond donors (Lipinski definition) is 1. The molecule has 0 saturated carbocycles. The summed E-state index contributed by atoms with van der Waals surface area (Å²) in [6.07, 6.45) is 0. The zero-order valence-electron chi connectivity index (χ0n) is 6.68. The first-order chi connectivity index (χ1) is 6.09. The van der Waals surface area contributed by atoms with Gasteiger partial charge in [-0.1, -0.05) is 29.8 Å². The number of carbonyl (C=O) groups is 1. The fraction of sp³-hybridized carbons (Fsp3) is 0. The first-order valence-electron chi connectivity index (χ1n) is 3.51. The van der Waals surface area contributed by atoms with E-state index in [1.807, 2.05) is 0 Å². The number of hydrogen-bond acceptors (Lipinski definition) is 1. The maximum Gasteiger partial charge on any atom is 0.266 e. The number of halogens is 2. The van der Waals surface area contributed by atoms with Gasteiger partial charge in [0.15, 0.2) is 0 Å². The van der Waals surface area contributed by atoms with Gasteiger partial charge in [-0.3, -0.25) is 4.79 Å².